The SMILES string of the molecule is CCN[C@H](C)CNCc1cccc2c1C(=O)N(C1CCC(=O)NC1=O)C2. The molecule has 0 aromatic heterocycles. The van der Waals surface area contributed by atoms with Gasteiger partial charge in [0.25, 0.3) is 5.91 Å². The zero-order valence-electron chi connectivity index (χ0n) is 15.3. The van der Waals surface area contributed by atoms with Crippen LogP contribution in [0, 0.1) is 0 Å². The summed E-state index contributed by atoms with van der Waals surface area (Å²) in [5, 5.41) is 9.07. The number of hydrogen-bond acceptors (Lipinski definition) is 5. The van der Waals surface area contributed by atoms with Gasteiger partial charge >= 0.3 is 0 Å². The predicted molar refractivity (Wildman–Crippen MR) is 97.3 cm³/mol. The first-order valence-electron chi connectivity index (χ1n) is 9.20. The van der Waals surface area contributed by atoms with Crippen molar-refractivity contribution in [2.45, 2.75) is 51.9 Å². The number of benzene rings is 1. The van der Waals surface area contributed by atoms with Gasteiger partial charge in [-0.1, -0.05) is 25.1 Å². The maximum Gasteiger partial charge on any atom is 0.255 e. The molecule has 7 heteroatoms. The fourth-order valence-electron chi connectivity index (χ4n) is 3.68. The van der Waals surface area contributed by atoms with Gasteiger partial charge in [0, 0.05) is 37.7 Å². The smallest absolute Gasteiger partial charge is 0.255 e. The maximum atomic E-state index is 13.0. The van der Waals surface area contributed by atoms with E-state index in [1.54, 1.807) is 4.90 Å². The fraction of sp³-hybridized carbons (Fsp3) is 0.526. The van der Waals surface area contributed by atoms with Crippen LogP contribution in [0.4, 0.5) is 0 Å². The Morgan fingerprint density at radius 3 is 2.85 bits per heavy atom. The van der Waals surface area contributed by atoms with E-state index in [0.717, 1.165) is 24.2 Å². The Morgan fingerprint density at radius 2 is 2.12 bits per heavy atom. The summed E-state index contributed by atoms with van der Waals surface area (Å²) in [7, 11) is 0. The van der Waals surface area contributed by atoms with E-state index in [2.05, 4.69) is 29.8 Å². The van der Waals surface area contributed by atoms with Crippen LogP contribution in [0.2, 0.25) is 0 Å². The molecule has 2 aliphatic heterocycles. The molecule has 1 saturated heterocycles. The van der Waals surface area contributed by atoms with Gasteiger partial charge in [-0.05, 0) is 31.0 Å². The molecule has 3 rings (SSSR count). The first kappa shape index (κ1) is 18.5. The van der Waals surface area contributed by atoms with Crippen LogP contribution in [0.15, 0.2) is 18.2 Å². The summed E-state index contributed by atoms with van der Waals surface area (Å²) >= 11 is 0. The molecule has 0 radical (unpaired) electrons. The van der Waals surface area contributed by atoms with Crippen molar-refractivity contribution in [2.24, 2.45) is 0 Å². The molecule has 0 bridgehead atoms. The number of carbonyl (C=O) groups is 3. The zero-order valence-corrected chi connectivity index (χ0v) is 15.3. The topological polar surface area (TPSA) is 90.5 Å². The van der Waals surface area contributed by atoms with E-state index in [4.69, 9.17) is 0 Å². The monoisotopic (exact) mass is 358 g/mol. The molecule has 2 heterocycles. The van der Waals surface area contributed by atoms with Crippen LogP contribution in [-0.4, -0.2) is 47.8 Å². The Kier molecular flexibility index (Phi) is 5.68. The summed E-state index contributed by atoms with van der Waals surface area (Å²) in [5.74, 6) is -0.761. The number of amides is 3. The normalized spacial score (nSPS) is 20.9. The van der Waals surface area contributed by atoms with Gasteiger partial charge in [-0.25, -0.2) is 0 Å². The van der Waals surface area contributed by atoms with Crippen molar-refractivity contribution in [3.8, 4) is 0 Å². The third kappa shape index (κ3) is 3.78. The van der Waals surface area contributed by atoms with Crippen LogP contribution in [0.3, 0.4) is 0 Å². The summed E-state index contributed by atoms with van der Waals surface area (Å²) < 4.78 is 0. The number of piperidine rings is 1. The van der Waals surface area contributed by atoms with E-state index in [-0.39, 0.29) is 24.1 Å². The lowest BCUT2D eigenvalue weighted by Crippen LogP contribution is -2.52. The summed E-state index contributed by atoms with van der Waals surface area (Å²) in [6.45, 7) is 6.94. The number of nitrogens with zero attached hydrogens (tertiary/aromatic N) is 1. The molecule has 2 atom stereocenters. The lowest BCUT2D eigenvalue weighted by atomic mass is 10.0. The highest BCUT2D eigenvalue weighted by atomic mass is 16.2. The average Bonchev–Trinajstić information content (AvgIpc) is 2.93. The van der Waals surface area contributed by atoms with Crippen molar-refractivity contribution in [2.75, 3.05) is 13.1 Å². The molecular weight excluding hydrogens is 332 g/mol. The maximum absolute atomic E-state index is 13.0. The first-order valence-corrected chi connectivity index (χ1v) is 9.20. The van der Waals surface area contributed by atoms with Crippen molar-refractivity contribution in [1.82, 2.24) is 20.9 Å². The van der Waals surface area contributed by atoms with Crippen LogP contribution in [0.5, 0.6) is 0 Å². The van der Waals surface area contributed by atoms with Crippen molar-refractivity contribution in [1.29, 1.82) is 0 Å². The Balaban J connectivity index is 1.70. The molecule has 0 saturated carbocycles. The molecule has 26 heavy (non-hydrogen) atoms. The standard InChI is InChI=1S/C19H26N4O3/c1-3-21-12(2)9-20-10-13-5-4-6-14-11-23(19(26)17(13)14)15-7-8-16(24)22-18(15)25/h4-6,12,15,20-21H,3,7-11H2,1-2H3,(H,22,24,25)/t12-,15?/m1/s1. The lowest BCUT2D eigenvalue weighted by Gasteiger charge is -2.29. The molecule has 140 valence electrons. The highest BCUT2D eigenvalue weighted by molar-refractivity contribution is 6.05. The van der Waals surface area contributed by atoms with Crippen molar-refractivity contribution in [3.63, 3.8) is 0 Å². The van der Waals surface area contributed by atoms with E-state index in [0.29, 0.717) is 31.1 Å². The van der Waals surface area contributed by atoms with Gasteiger partial charge in [0.15, 0.2) is 0 Å². The van der Waals surface area contributed by atoms with Crippen LogP contribution in [0.1, 0.15) is 48.2 Å². The molecule has 2 aliphatic rings. The van der Waals surface area contributed by atoms with Gasteiger partial charge in [-0.2, -0.15) is 0 Å². The summed E-state index contributed by atoms with van der Waals surface area (Å²) in [4.78, 5) is 38.1. The molecule has 3 N–H and O–H groups in total. The number of carbonyl (C=O) groups excluding carboxylic acids is 3. The second kappa shape index (κ2) is 7.97. The second-order valence-corrected chi connectivity index (χ2v) is 6.94. The van der Waals surface area contributed by atoms with E-state index >= 15 is 0 Å². The highest BCUT2D eigenvalue weighted by Gasteiger charge is 2.39. The van der Waals surface area contributed by atoms with Crippen LogP contribution in [0.25, 0.3) is 0 Å². The Labute approximate surface area is 153 Å². The number of nitrogens with one attached hydrogen (secondary N) is 3. The quantitative estimate of drug-likeness (QED) is 0.619. The van der Waals surface area contributed by atoms with E-state index < -0.39 is 6.04 Å². The largest absolute Gasteiger partial charge is 0.322 e. The molecule has 1 aromatic rings. The van der Waals surface area contributed by atoms with Gasteiger partial charge in [0.05, 0.1) is 0 Å². The minimum absolute atomic E-state index is 0.119. The summed E-state index contributed by atoms with van der Waals surface area (Å²) in [5.41, 5.74) is 2.59. The van der Waals surface area contributed by atoms with Gasteiger partial charge in [-0.15, -0.1) is 0 Å². The van der Waals surface area contributed by atoms with E-state index in [1.807, 2.05) is 18.2 Å². The molecule has 0 spiro atoms. The molecule has 0 aliphatic carbocycles. The molecule has 7 nitrogen and oxygen atoms in total. The lowest BCUT2D eigenvalue weighted by molar-refractivity contribution is -0.136. The van der Waals surface area contributed by atoms with Gasteiger partial charge in [0.1, 0.15) is 6.04 Å². The number of fused-ring (bicyclic) bond motifs is 1. The number of rotatable bonds is 7. The Hall–Kier alpha value is -2.25. The molecular formula is C19H26N4O3. The fourth-order valence-corrected chi connectivity index (χ4v) is 3.68. The minimum Gasteiger partial charge on any atom is -0.322 e. The molecule has 1 aromatic carbocycles. The van der Waals surface area contributed by atoms with Gasteiger partial charge in [-0.3, -0.25) is 19.7 Å². The Morgan fingerprint density at radius 1 is 1.31 bits per heavy atom. The van der Waals surface area contributed by atoms with Crippen molar-refractivity contribution in [3.05, 3.63) is 34.9 Å². The van der Waals surface area contributed by atoms with Crippen LogP contribution >= 0.6 is 0 Å². The van der Waals surface area contributed by atoms with Crippen LogP contribution < -0.4 is 16.0 Å². The second-order valence-electron chi connectivity index (χ2n) is 6.94. The predicted octanol–water partition coefficient (Wildman–Crippen LogP) is 0.535. The van der Waals surface area contributed by atoms with Crippen molar-refractivity contribution < 1.29 is 14.4 Å². The number of hydrogen-bond donors (Lipinski definition) is 3. The van der Waals surface area contributed by atoms with Gasteiger partial charge in [0.2, 0.25) is 11.8 Å². The first-order chi connectivity index (χ1) is 12.5. The third-order valence-corrected chi connectivity index (χ3v) is 4.96. The van der Waals surface area contributed by atoms with Gasteiger partial charge < -0.3 is 15.5 Å². The minimum atomic E-state index is -0.567. The summed E-state index contributed by atoms with van der Waals surface area (Å²) in [6.07, 6.45) is 0.658. The van der Waals surface area contributed by atoms with Crippen molar-refractivity contribution >= 4 is 17.7 Å². The van der Waals surface area contributed by atoms with Crippen LogP contribution in [-0.2, 0) is 22.7 Å². The molecule has 3 amide bonds. The average molecular weight is 358 g/mol. The van der Waals surface area contributed by atoms with E-state index in [9.17, 15) is 14.4 Å². The Bertz CT molecular complexity index is 719. The summed E-state index contributed by atoms with van der Waals surface area (Å²) in [6, 6.07) is 5.62. The molecule has 1 fully saturated rings. The number of likely N-dealkylation sites (N-methyl/N-ethyl adjacent to an activating group) is 1. The number of imide groups is 1. The highest BCUT2D eigenvalue weighted by Crippen LogP contribution is 2.29. The van der Waals surface area contributed by atoms with E-state index in [1.165, 1.54) is 0 Å². The molecule has 1 unspecified atom stereocenters. The third-order valence-electron chi connectivity index (χ3n) is 4.96. The zero-order chi connectivity index (χ0) is 18.7.